The Kier molecular flexibility index (Phi) is 3.99. The molecular formula is C15H15FN2O4. The van der Waals surface area contributed by atoms with Gasteiger partial charge in [-0.25, -0.2) is 4.39 Å². The number of fused-ring (bicyclic) bond motifs is 1. The number of rotatable bonds is 3. The molecule has 2 aromatic rings. The number of hydrogen-bond acceptors (Lipinski definition) is 4. The molecule has 0 spiro atoms. The van der Waals surface area contributed by atoms with Gasteiger partial charge in [0.05, 0.1) is 16.9 Å². The van der Waals surface area contributed by atoms with Crippen molar-refractivity contribution in [1.29, 1.82) is 0 Å². The summed E-state index contributed by atoms with van der Waals surface area (Å²) in [6.07, 6.45) is 0. The maximum atomic E-state index is 13.9. The number of nitrogens with one attached hydrogen (secondary N) is 1. The second kappa shape index (κ2) is 5.59. The van der Waals surface area contributed by atoms with E-state index in [4.69, 9.17) is 0 Å². The smallest absolute Gasteiger partial charge is 0.267 e. The Balaban J connectivity index is 2.70. The number of ketones is 1. The Labute approximate surface area is 125 Å². The average Bonchev–Trinajstić information content (AvgIpc) is 2.44. The molecule has 7 heteroatoms. The Morgan fingerprint density at radius 2 is 2.00 bits per heavy atom. The number of benzene rings is 1. The zero-order chi connectivity index (χ0) is 16.6. The van der Waals surface area contributed by atoms with Gasteiger partial charge in [0, 0.05) is 7.05 Å². The summed E-state index contributed by atoms with van der Waals surface area (Å²) in [4.78, 5) is 35.6. The fourth-order valence-electron chi connectivity index (χ4n) is 2.11. The molecule has 0 bridgehead atoms. The van der Waals surface area contributed by atoms with Crippen molar-refractivity contribution in [2.75, 3.05) is 0 Å². The van der Waals surface area contributed by atoms with E-state index >= 15 is 0 Å². The number of amides is 1. The van der Waals surface area contributed by atoms with Crippen LogP contribution >= 0.6 is 0 Å². The maximum Gasteiger partial charge on any atom is 0.267 e. The van der Waals surface area contributed by atoms with Crippen LogP contribution in [0, 0.1) is 5.82 Å². The van der Waals surface area contributed by atoms with Crippen LogP contribution in [-0.2, 0) is 11.8 Å². The highest BCUT2D eigenvalue weighted by molar-refractivity contribution is 6.03. The van der Waals surface area contributed by atoms with Gasteiger partial charge in [-0.2, -0.15) is 0 Å². The first-order valence-electron chi connectivity index (χ1n) is 6.57. The number of hydrogen-bond donors (Lipinski definition) is 2. The molecule has 0 saturated carbocycles. The van der Waals surface area contributed by atoms with Crippen LogP contribution in [-0.4, -0.2) is 27.4 Å². The van der Waals surface area contributed by atoms with Crippen molar-refractivity contribution >= 4 is 22.6 Å². The van der Waals surface area contributed by atoms with Gasteiger partial charge < -0.3 is 15.0 Å². The summed E-state index contributed by atoms with van der Waals surface area (Å²) in [6.45, 7) is 2.73. The summed E-state index contributed by atoms with van der Waals surface area (Å²) in [7, 11) is 1.37. The third-order valence-corrected chi connectivity index (χ3v) is 3.53. The monoisotopic (exact) mass is 306 g/mol. The van der Waals surface area contributed by atoms with Crippen LogP contribution in [0.5, 0.6) is 5.75 Å². The van der Waals surface area contributed by atoms with Crippen LogP contribution < -0.4 is 10.9 Å². The lowest BCUT2D eigenvalue weighted by molar-refractivity contribution is -0.118. The number of pyridine rings is 1. The van der Waals surface area contributed by atoms with Crippen LogP contribution in [0.15, 0.2) is 23.0 Å². The minimum absolute atomic E-state index is 0.165. The lowest BCUT2D eigenvalue weighted by atomic mass is 10.1. The van der Waals surface area contributed by atoms with E-state index in [0.717, 1.165) is 10.6 Å². The Bertz CT molecular complexity index is 842. The number of aromatic nitrogens is 1. The van der Waals surface area contributed by atoms with Gasteiger partial charge in [-0.1, -0.05) is 6.07 Å². The third kappa shape index (κ3) is 2.45. The molecule has 0 aliphatic rings. The summed E-state index contributed by atoms with van der Waals surface area (Å²) in [5.41, 5.74) is -1.20. The Hall–Kier alpha value is -2.70. The minimum atomic E-state index is -0.925. The van der Waals surface area contributed by atoms with E-state index in [2.05, 4.69) is 5.32 Å². The molecule has 2 rings (SSSR count). The predicted octanol–water partition coefficient (Wildman–Crippen LogP) is 1.09. The SMILES string of the molecule is CC(=O)[C@H](C)NC(=O)c1c(O)c2c(F)cccc2n(C)c1=O. The summed E-state index contributed by atoms with van der Waals surface area (Å²) in [6, 6.07) is 3.15. The molecule has 1 amide bonds. The van der Waals surface area contributed by atoms with Gasteiger partial charge in [0.25, 0.3) is 11.5 Å². The molecule has 1 aromatic carbocycles. The molecule has 0 saturated heterocycles. The zero-order valence-corrected chi connectivity index (χ0v) is 12.3. The van der Waals surface area contributed by atoms with Gasteiger partial charge in [0.15, 0.2) is 5.78 Å². The fourth-order valence-corrected chi connectivity index (χ4v) is 2.11. The lowest BCUT2D eigenvalue weighted by Crippen LogP contribution is -2.40. The number of carbonyl (C=O) groups is 2. The number of carbonyl (C=O) groups excluding carboxylic acids is 2. The molecule has 1 aromatic heterocycles. The van der Waals surface area contributed by atoms with Crippen molar-refractivity contribution in [2.24, 2.45) is 7.05 Å². The predicted molar refractivity (Wildman–Crippen MR) is 78.4 cm³/mol. The number of aromatic hydroxyl groups is 1. The molecule has 0 unspecified atom stereocenters. The second-order valence-corrected chi connectivity index (χ2v) is 5.03. The van der Waals surface area contributed by atoms with E-state index in [0.29, 0.717) is 0 Å². The van der Waals surface area contributed by atoms with Crippen molar-refractivity contribution in [2.45, 2.75) is 19.9 Å². The van der Waals surface area contributed by atoms with Gasteiger partial charge in [-0.3, -0.25) is 14.4 Å². The van der Waals surface area contributed by atoms with Crippen LogP contribution in [0.1, 0.15) is 24.2 Å². The van der Waals surface area contributed by atoms with Gasteiger partial charge >= 0.3 is 0 Å². The van der Waals surface area contributed by atoms with Crippen molar-refractivity contribution in [3.8, 4) is 5.75 Å². The number of aryl methyl sites for hydroxylation is 1. The van der Waals surface area contributed by atoms with E-state index in [9.17, 15) is 23.9 Å². The fraction of sp³-hybridized carbons (Fsp3) is 0.267. The van der Waals surface area contributed by atoms with Crippen molar-refractivity contribution in [3.05, 3.63) is 39.9 Å². The molecule has 6 nitrogen and oxygen atoms in total. The van der Waals surface area contributed by atoms with E-state index < -0.39 is 34.6 Å². The highest BCUT2D eigenvalue weighted by Gasteiger charge is 2.24. The van der Waals surface area contributed by atoms with Gasteiger partial charge in [0.1, 0.15) is 17.1 Å². The molecule has 1 heterocycles. The maximum absolute atomic E-state index is 13.9. The summed E-state index contributed by atoms with van der Waals surface area (Å²) >= 11 is 0. The van der Waals surface area contributed by atoms with Crippen LogP contribution in [0.4, 0.5) is 4.39 Å². The minimum Gasteiger partial charge on any atom is -0.506 e. The van der Waals surface area contributed by atoms with Gasteiger partial charge in [0.2, 0.25) is 0 Å². The molecule has 22 heavy (non-hydrogen) atoms. The lowest BCUT2D eigenvalue weighted by Gasteiger charge is -2.14. The number of halogens is 1. The zero-order valence-electron chi connectivity index (χ0n) is 12.3. The van der Waals surface area contributed by atoms with Crippen molar-refractivity contribution < 1.29 is 19.1 Å². The molecule has 0 aliphatic carbocycles. The molecule has 0 aliphatic heterocycles. The van der Waals surface area contributed by atoms with Crippen molar-refractivity contribution in [1.82, 2.24) is 9.88 Å². The van der Waals surface area contributed by atoms with E-state index in [1.54, 1.807) is 0 Å². The first kappa shape index (κ1) is 15.7. The van der Waals surface area contributed by atoms with E-state index in [1.807, 2.05) is 0 Å². The summed E-state index contributed by atoms with van der Waals surface area (Å²) in [5, 5.41) is 12.2. The molecule has 1 atom stereocenters. The molecule has 0 fully saturated rings. The van der Waals surface area contributed by atoms with E-state index in [1.165, 1.54) is 33.0 Å². The largest absolute Gasteiger partial charge is 0.506 e. The van der Waals surface area contributed by atoms with Crippen LogP contribution in [0.3, 0.4) is 0 Å². The molecule has 2 N–H and O–H groups in total. The van der Waals surface area contributed by atoms with Crippen LogP contribution in [0.2, 0.25) is 0 Å². The van der Waals surface area contributed by atoms with Crippen LogP contribution in [0.25, 0.3) is 10.9 Å². The summed E-state index contributed by atoms with van der Waals surface area (Å²) < 4.78 is 15.0. The molecule has 116 valence electrons. The normalized spacial score (nSPS) is 12.2. The number of Topliss-reactive ketones (excluding diaryl/α,β-unsaturated/α-hetero) is 1. The average molecular weight is 306 g/mol. The number of nitrogens with zero attached hydrogens (tertiary/aromatic N) is 1. The second-order valence-electron chi connectivity index (χ2n) is 5.03. The van der Waals surface area contributed by atoms with Gasteiger partial charge in [-0.05, 0) is 26.0 Å². The highest BCUT2D eigenvalue weighted by Crippen LogP contribution is 2.28. The summed E-state index contributed by atoms with van der Waals surface area (Å²) in [5.74, 6) is -2.72. The van der Waals surface area contributed by atoms with Crippen molar-refractivity contribution in [3.63, 3.8) is 0 Å². The first-order chi connectivity index (χ1) is 10.3. The van der Waals surface area contributed by atoms with Gasteiger partial charge in [-0.15, -0.1) is 0 Å². The third-order valence-electron chi connectivity index (χ3n) is 3.53. The standard InChI is InChI=1S/C15H15FN2O4/c1-7(8(2)19)17-14(21)12-13(20)11-9(16)5-4-6-10(11)18(3)15(12)22/h4-7,20H,1-3H3,(H,17,21)/t7-/m0/s1. The topological polar surface area (TPSA) is 88.4 Å². The molecular weight excluding hydrogens is 291 g/mol. The quantitative estimate of drug-likeness (QED) is 0.888. The van der Waals surface area contributed by atoms with E-state index in [-0.39, 0.29) is 16.7 Å². The molecule has 0 radical (unpaired) electrons. The first-order valence-corrected chi connectivity index (χ1v) is 6.57. The Morgan fingerprint density at radius 1 is 1.36 bits per heavy atom. The Morgan fingerprint density at radius 3 is 2.59 bits per heavy atom. The highest BCUT2D eigenvalue weighted by atomic mass is 19.1.